The third-order valence-corrected chi connectivity index (χ3v) is 6.02. The van der Waals surface area contributed by atoms with Crippen LogP contribution >= 0.6 is 0 Å². The summed E-state index contributed by atoms with van der Waals surface area (Å²) >= 11 is 0. The molecule has 0 aliphatic rings. The fourth-order valence-electron chi connectivity index (χ4n) is 3.99. The van der Waals surface area contributed by atoms with Crippen LogP contribution in [0.5, 0.6) is 23.0 Å². The Hall–Kier alpha value is -3.93. The van der Waals surface area contributed by atoms with Gasteiger partial charge < -0.3 is 24.8 Å². The monoisotopic (exact) mass is 490 g/mol. The molecule has 0 unspecified atom stereocenters. The first-order chi connectivity index (χ1) is 17.0. The normalized spacial score (nSPS) is 11.5. The van der Waals surface area contributed by atoms with Gasteiger partial charge in [0.25, 0.3) is 0 Å². The van der Waals surface area contributed by atoms with Crippen molar-refractivity contribution in [2.24, 2.45) is 0 Å². The zero-order valence-corrected chi connectivity index (χ0v) is 21.5. The molecule has 4 N–H and O–H groups in total. The molecule has 6 nitrogen and oxygen atoms in total. The van der Waals surface area contributed by atoms with Crippen LogP contribution in [0.1, 0.15) is 58.6 Å². The molecular formula is C30H34O6. The lowest BCUT2D eigenvalue weighted by Gasteiger charge is -2.14. The molecular weight excluding hydrogens is 456 g/mol. The number of aromatic hydroxyl groups is 4. The Bertz CT molecular complexity index is 1430. The van der Waals surface area contributed by atoms with E-state index in [0.29, 0.717) is 0 Å². The van der Waals surface area contributed by atoms with Gasteiger partial charge in [-0.15, -0.1) is 0 Å². The predicted octanol–water partition coefficient (Wildman–Crippen LogP) is 7.03. The van der Waals surface area contributed by atoms with E-state index >= 15 is 0 Å². The summed E-state index contributed by atoms with van der Waals surface area (Å²) in [5.74, 6) is -0.770. The van der Waals surface area contributed by atoms with E-state index in [1.807, 2.05) is 46.8 Å². The second kappa shape index (κ2) is 11.2. The van der Waals surface area contributed by atoms with E-state index < -0.39 is 5.43 Å². The van der Waals surface area contributed by atoms with Crippen molar-refractivity contribution >= 4 is 11.0 Å². The molecule has 0 atom stereocenters. The van der Waals surface area contributed by atoms with Crippen LogP contribution in [0.2, 0.25) is 0 Å². The van der Waals surface area contributed by atoms with Gasteiger partial charge in [-0.25, -0.2) is 0 Å². The number of allylic oxidation sites excluding steroid dienone is 6. The number of hydrogen-bond acceptors (Lipinski definition) is 6. The number of fused-ring (bicyclic) bond motifs is 1. The molecule has 3 aromatic rings. The summed E-state index contributed by atoms with van der Waals surface area (Å²) in [5.41, 5.74) is 3.64. The quantitative estimate of drug-likeness (QED) is 0.252. The molecule has 1 heterocycles. The lowest BCUT2D eigenvalue weighted by Crippen LogP contribution is -2.12. The van der Waals surface area contributed by atoms with Gasteiger partial charge in [-0.05, 0) is 72.4 Å². The van der Waals surface area contributed by atoms with Crippen molar-refractivity contribution in [1.29, 1.82) is 0 Å². The average molecular weight is 491 g/mol. The van der Waals surface area contributed by atoms with E-state index in [9.17, 15) is 25.2 Å². The lowest BCUT2D eigenvalue weighted by molar-refractivity contribution is 0.442. The van der Waals surface area contributed by atoms with Gasteiger partial charge in [-0.2, -0.15) is 0 Å². The van der Waals surface area contributed by atoms with Gasteiger partial charge in [-0.1, -0.05) is 34.9 Å². The van der Waals surface area contributed by atoms with Crippen LogP contribution in [0.15, 0.2) is 68.4 Å². The molecule has 3 rings (SSSR count). The van der Waals surface area contributed by atoms with Crippen LogP contribution in [-0.2, 0) is 12.8 Å². The zero-order valence-electron chi connectivity index (χ0n) is 21.5. The average Bonchev–Trinajstić information content (AvgIpc) is 2.77. The maximum Gasteiger partial charge on any atom is 0.200 e. The summed E-state index contributed by atoms with van der Waals surface area (Å²) in [5, 5.41) is 41.8. The smallest absolute Gasteiger partial charge is 0.200 e. The van der Waals surface area contributed by atoms with Gasteiger partial charge in [0.15, 0.2) is 0 Å². The van der Waals surface area contributed by atoms with Gasteiger partial charge in [-0.3, -0.25) is 4.79 Å². The Labute approximate surface area is 211 Å². The number of phenols is 4. The molecule has 0 saturated carbocycles. The molecule has 0 amide bonds. The second-order valence-corrected chi connectivity index (χ2v) is 9.60. The zero-order chi connectivity index (χ0) is 26.6. The highest BCUT2D eigenvalue weighted by molar-refractivity contribution is 5.89. The largest absolute Gasteiger partial charge is 0.508 e. The second-order valence-electron chi connectivity index (χ2n) is 9.60. The summed E-state index contributed by atoms with van der Waals surface area (Å²) in [4.78, 5) is 13.8. The Morgan fingerprint density at radius 3 is 2.14 bits per heavy atom. The van der Waals surface area contributed by atoms with Gasteiger partial charge in [0.1, 0.15) is 39.7 Å². The SMILES string of the molecule is CC(C)=CCCC(C)=CCc1c(-c2ccc(O)cc2O)oc2cc(O)c(CC=C(C)C)c(O)c2c1=O. The number of hydrogen-bond donors (Lipinski definition) is 4. The third kappa shape index (κ3) is 6.00. The van der Waals surface area contributed by atoms with Crippen molar-refractivity contribution in [3.8, 4) is 34.3 Å². The summed E-state index contributed by atoms with van der Waals surface area (Å²) < 4.78 is 6.05. The minimum atomic E-state index is -0.442. The van der Waals surface area contributed by atoms with Crippen LogP contribution in [0.4, 0.5) is 0 Å². The molecule has 0 bridgehead atoms. The van der Waals surface area contributed by atoms with E-state index in [-0.39, 0.29) is 69.3 Å². The standard InChI is InChI=1S/C30H34O6/c1-17(2)7-6-8-19(5)10-13-23-29(35)27-26(16-25(33)21(28(27)34)12-9-18(3)4)36-30(23)22-14-11-20(31)15-24(22)32/h7,9-11,14-16,31-34H,6,8,12-13H2,1-5H3. The highest BCUT2D eigenvalue weighted by Gasteiger charge is 2.23. The number of rotatable bonds is 8. The fraction of sp³-hybridized carbons (Fsp3) is 0.300. The molecule has 0 radical (unpaired) electrons. The molecule has 0 fully saturated rings. The van der Waals surface area contributed by atoms with E-state index in [0.717, 1.165) is 24.0 Å². The van der Waals surface area contributed by atoms with Crippen LogP contribution in [0.25, 0.3) is 22.3 Å². The van der Waals surface area contributed by atoms with E-state index in [1.165, 1.54) is 29.8 Å². The molecule has 0 spiro atoms. The Kier molecular flexibility index (Phi) is 8.30. The van der Waals surface area contributed by atoms with E-state index in [2.05, 4.69) is 6.08 Å². The van der Waals surface area contributed by atoms with Gasteiger partial charge in [0.2, 0.25) is 5.43 Å². The first kappa shape index (κ1) is 26.7. The van der Waals surface area contributed by atoms with Crippen LogP contribution in [0.3, 0.4) is 0 Å². The minimum absolute atomic E-state index is 0.00596. The summed E-state index contributed by atoms with van der Waals surface area (Å²) in [7, 11) is 0. The fourth-order valence-corrected chi connectivity index (χ4v) is 3.99. The maximum atomic E-state index is 13.8. The van der Waals surface area contributed by atoms with Gasteiger partial charge in [0.05, 0.1) is 5.56 Å². The minimum Gasteiger partial charge on any atom is -0.508 e. The molecule has 2 aromatic carbocycles. The van der Waals surface area contributed by atoms with Crippen molar-refractivity contribution in [1.82, 2.24) is 0 Å². The van der Waals surface area contributed by atoms with E-state index in [1.54, 1.807) is 0 Å². The summed E-state index contributed by atoms with van der Waals surface area (Å²) in [6.07, 6.45) is 8.14. The molecule has 190 valence electrons. The lowest BCUT2D eigenvalue weighted by atomic mass is 9.97. The predicted molar refractivity (Wildman–Crippen MR) is 144 cm³/mol. The van der Waals surface area contributed by atoms with Crippen molar-refractivity contribution in [3.63, 3.8) is 0 Å². The highest BCUT2D eigenvalue weighted by Crippen LogP contribution is 2.40. The van der Waals surface area contributed by atoms with Crippen molar-refractivity contribution in [2.45, 2.75) is 60.3 Å². The summed E-state index contributed by atoms with van der Waals surface area (Å²) in [6, 6.07) is 5.34. The van der Waals surface area contributed by atoms with Crippen molar-refractivity contribution in [2.75, 3.05) is 0 Å². The van der Waals surface area contributed by atoms with Gasteiger partial charge >= 0.3 is 0 Å². The van der Waals surface area contributed by atoms with Crippen LogP contribution in [0, 0.1) is 0 Å². The summed E-state index contributed by atoms with van der Waals surface area (Å²) in [6.45, 7) is 9.90. The third-order valence-electron chi connectivity index (χ3n) is 6.02. The molecule has 6 heteroatoms. The Balaban J connectivity index is 2.23. The molecule has 36 heavy (non-hydrogen) atoms. The molecule has 0 aliphatic carbocycles. The first-order valence-corrected chi connectivity index (χ1v) is 12.0. The van der Waals surface area contributed by atoms with Crippen molar-refractivity contribution in [3.05, 3.63) is 80.6 Å². The van der Waals surface area contributed by atoms with Crippen LogP contribution < -0.4 is 5.43 Å². The highest BCUT2D eigenvalue weighted by atomic mass is 16.3. The number of phenolic OH excluding ortho intramolecular Hbond substituents is 4. The molecule has 0 aliphatic heterocycles. The Morgan fingerprint density at radius 1 is 0.833 bits per heavy atom. The maximum absolute atomic E-state index is 13.8. The van der Waals surface area contributed by atoms with E-state index in [4.69, 9.17) is 4.42 Å². The number of benzene rings is 2. The van der Waals surface area contributed by atoms with Crippen LogP contribution in [-0.4, -0.2) is 20.4 Å². The molecule has 1 aromatic heterocycles. The van der Waals surface area contributed by atoms with Gasteiger partial charge in [0, 0.05) is 23.3 Å². The Morgan fingerprint density at radius 2 is 1.50 bits per heavy atom. The molecule has 0 saturated heterocycles. The topological polar surface area (TPSA) is 111 Å². The first-order valence-electron chi connectivity index (χ1n) is 12.0. The van der Waals surface area contributed by atoms with Crippen molar-refractivity contribution < 1.29 is 24.8 Å².